The minimum atomic E-state index is -0.140. The smallest absolute Gasteiger partial charge is 0.229 e. The minimum Gasteiger partial charge on any atom is -0.352 e. The fourth-order valence-corrected chi connectivity index (χ4v) is 3.84. The first kappa shape index (κ1) is 15.4. The van der Waals surface area contributed by atoms with Crippen molar-refractivity contribution >= 4 is 45.0 Å². The lowest BCUT2D eigenvalue weighted by Crippen LogP contribution is -2.40. The van der Waals surface area contributed by atoms with Crippen LogP contribution in [0, 0.1) is 5.92 Å². The van der Waals surface area contributed by atoms with Gasteiger partial charge in [0.1, 0.15) is 0 Å². The Morgan fingerprint density at radius 2 is 2.12 bits per heavy atom. The summed E-state index contributed by atoms with van der Waals surface area (Å²) >= 11 is 6.27. The van der Waals surface area contributed by atoms with Crippen molar-refractivity contribution in [3.63, 3.8) is 0 Å². The summed E-state index contributed by atoms with van der Waals surface area (Å²) in [6, 6.07) is 5.55. The second-order valence-corrected chi connectivity index (χ2v) is 6.90. The molecule has 1 aliphatic rings. The van der Waals surface area contributed by atoms with Gasteiger partial charge in [-0.05, 0) is 31.0 Å². The van der Waals surface area contributed by atoms with E-state index in [4.69, 9.17) is 17.3 Å². The molecule has 124 valence electrons. The topological polar surface area (TPSA) is 83.8 Å². The maximum atomic E-state index is 12.7. The summed E-state index contributed by atoms with van der Waals surface area (Å²) in [5.41, 5.74) is 8.60. The summed E-state index contributed by atoms with van der Waals surface area (Å²) in [7, 11) is 0. The fraction of sp³-hybridized carbons (Fsp3) is 0.333. The number of H-pyrrole nitrogens is 1. The number of amides is 1. The monoisotopic (exact) mass is 342 g/mol. The van der Waals surface area contributed by atoms with Crippen molar-refractivity contribution in [2.24, 2.45) is 11.7 Å². The van der Waals surface area contributed by atoms with Gasteiger partial charge in [-0.25, -0.2) is 0 Å². The highest BCUT2D eigenvalue weighted by Crippen LogP contribution is 2.34. The Labute approximate surface area is 144 Å². The number of benzene rings is 1. The van der Waals surface area contributed by atoms with Gasteiger partial charge in [-0.15, -0.1) is 0 Å². The number of fused-ring (bicyclic) bond motifs is 3. The summed E-state index contributed by atoms with van der Waals surface area (Å²) in [6.07, 6.45) is 7.41. The third-order valence-electron chi connectivity index (χ3n) is 4.89. The summed E-state index contributed by atoms with van der Waals surface area (Å²) in [6.45, 7) is 0. The first-order valence-electron chi connectivity index (χ1n) is 8.25. The number of hydrogen-bond acceptors (Lipinski definition) is 3. The lowest BCUT2D eigenvalue weighted by atomic mass is 9.84. The highest BCUT2D eigenvalue weighted by Gasteiger charge is 2.28. The number of anilines is 1. The number of carbonyl (C=O) groups excluding carboxylic acids is 1. The van der Waals surface area contributed by atoms with Crippen LogP contribution in [0.15, 0.2) is 30.6 Å². The van der Waals surface area contributed by atoms with E-state index < -0.39 is 0 Å². The molecule has 5 nitrogen and oxygen atoms in total. The van der Waals surface area contributed by atoms with Crippen LogP contribution >= 0.6 is 11.6 Å². The van der Waals surface area contributed by atoms with Gasteiger partial charge in [0.2, 0.25) is 5.91 Å². The lowest BCUT2D eigenvalue weighted by Gasteiger charge is -2.27. The molecule has 0 radical (unpaired) electrons. The predicted octanol–water partition coefficient (Wildman–Crippen LogP) is 3.83. The predicted molar refractivity (Wildman–Crippen MR) is 97.2 cm³/mol. The zero-order valence-electron chi connectivity index (χ0n) is 13.2. The third kappa shape index (κ3) is 2.64. The molecule has 1 amide bonds. The van der Waals surface area contributed by atoms with E-state index in [1.807, 2.05) is 12.1 Å². The van der Waals surface area contributed by atoms with Gasteiger partial charge in [-0.1, -0.05) is 24.4 Å². The number of pyridine rings is 1. The van der Waals surface area contributed by atoms with E-state index in [2.05, 4.69) is 15.3 Å². The number of aromatic nitrogens is 2. The van der Waals surface area contributed by atoms with E-state index in [0.29, 0.717) is 10.7 Å². The van der Waals surface area contributed by atoms with Crippen LogP contribution in [0.25, 0.3) is 21.8 Å². The molecule has 0 spiro atoms. The van der Waals surface area contributed by atoms with Crippen LogP contribution in [0.5, 0.6) is 0 Å². The zero-order chi connectivity index (χ0) is 16.7. The van der Waals surface area contributed by atoms with Crippen LogP contribution in [-0.2, 0) is 4.79 Å². The average molecular weight is 343 g/mol. The molecule has 1 aromatic carbocycles. The summed E-state index contributed by atoms with van der Waals surface area (Å²) in [5.74, 6) is -0.165. The molecular weight excluding hydrogens is 324 g/mol. The first-order chi connectivity index (χ1) is 11.6. The van der Waals surface area contributed by atoms with Gasteiger partial charge in [0.25, 0.3) is 0 Å². The largest absolute Gasteiger partial charge is 0.352 e. The maximum Gasteiger partial charge on any atom is 0.229 e. The van der Waals surface area contributed by atoms with E-state index >= 15 is 0 Å². The molecule has 0 saturated heterocycles. The number of halogens is 1. The van der Waals surface area contributed by atoms with E-state index in [1.54, 1.807) is 18.5 Å². The Kier molecular flexibility index (Phi) is 3.90. The Bertz CT molecular complexity index is 920. The van der Waals surface area contributed by atoms with Gasteiger partial charge in [-0.3, -0.25) is 9.78 Å². The van der Waals surface area contributed by atoms with E-state index in [-0.39, 0.29) is 17.9 Å². The molecule has 0 bridgehead atoms. The number of hydrogen-bond donors (Lipinski definition) is 3. The molecule has 1 saturated carbocycles. The zero-order valence-corrected chi connectivity index (χ0v) is 13.9. The van der Waals surface area contributed by atoms with Crippen molar-refractivity contribution in [2.75, 3.05) is 5.32 Å². The van der Waals surface area contributed by atoms with Gasteiger partial charge >= 0.3 is 0 Å². The number of nitrogens with zero attached hydrogens (tertiary/aromatic N) is 1. The fourth-order valence-electron chi connectivity index (χ4n) is 3.63. The Morgan fingerprint density at radius 3 is 2.96 bits per heavy atom. The summed E-state index contributed by atoms with van der Waals surface area (Å²) in [5, 5.41) is 5.63. The molecule has 4 rings (SSSR count). The molecule has 1 fully saturated rings. The average Bonchev–Trinajstić information content (AvgIpc) is 2.94. The van der Waals surface area contributed by atoms with Crippen molar-refractivity contribution in [3.05, 3.63) is 35.6 Å². The van der Waals surface area contributed by atoms with Gasteiger partial charge < -0.3 is 16.0 Å². The summed E-state index contributed by atoms with van der Waals surface area (Å²) < 4.78 is 0. The Morgan fingerprint density at radius 1 is 1.29 bits per heavy atom. The number of rotatable bonds is 2. The molecule has 4 N–H and O–H groups in total. The van der Waals surface area contributed by atoms with Gasteiger partial charge in [-0.2, -0.15) is 0 Å². The molecule has 2 heterocycles. The van der Waals surface area contributed by atoms with Crippen molar-refractivity contribution in [3.8, 4) is 0 Å². The molecule has 6 heteroatoms. The molecule has 2 aromatic heterocycles. The standard InChI is InChI=1S/C18H19ClN4O/c19-10-7-13-11-5-6-21-9-16(11)22-17(13)15(8-10)23-18(24)12-3-1-2-4-14(12)20/h5-9,12,14,22H,1-4,20H2,(H,23,24). The van der Waals surface area contributed by atoms with Crippen LogP contribution in [0.3, 0.4) is 0 Å². The molecule has 2 atom stereocenters. The maximum absolute atomic E-state index is 12.7. The first-order valence-corrected chi connectivity index (χ1v) is 8.62. The van der Waals surface area contributed by atoms with Crippen LogP contribution in [0.2, 0.25) is 5.02 Å². The molecule has 2 unspecified atom stereocenters. The second-order valence-electron chi connectivity index (χ2n) is 6.47. The van der Waals surface area contributed by atoms with Gasteiger partial charge in [0, 0.05) is 28.0 Å². The number of aromatic amines is 1. The SMILES string of the molecule is NC1CCCCC1C(=O)Nc1cc(Cl)cc2c1[nH]c1cnccc12. The van der Waals surface area contributed by atoms with Crippen molar-refractivity contribution < 1.29 is 4.79 Å². The number of nitrogens with one attached hydrogen (secondary N) is 2. The van der Waals surface area contributed by atoms with Crippen LogP contribution in [-0.4, -0.2) is 21.9 Å². The minimum absolute atomic E-state index is 0.0254. The second kappa shape index (κ2) is 6.07. The van der Waals surface area contributed by atoms with E-state index in [0.717, 1.165) is 47.5 Å². The van der Waals surface area contributed by atoms with Gasteiger partial charge in [0.15, 0.2) is 0 Å². The Hall–Kier alpha value is -2.11. The quantitative estimate of drug-likeness (QED) is 0.661. The molecular formula is C18H19ClN4O. The number of nitrogens with two attached hydrogens (primary N) is 1. The Balaban J connectivity index is 1.74. The lowest BCUT2D eigenvalue weighted by molar-refractivity contribution is -0.121. The van der Waals surface area contributed by atoms with Gasteiger partial charge in [0.05, 0.1) is 28.8 Å². The van der Waals surface area contributed by atoms with Crippen molar-refractivity contribution in [2.45, 2.75) is 31.7 Å². The third-order valence-corrected chi connectivity index (χ3v) is 5.11. The van der Waals surface area contributed by atoms with E-state index in [1.165, 1.54) is 0 Å². The molecule has 3 aromatic rings. The molecule has 1 aliphatic carbocycles. The van der Waals surface area contributed by atoms with Crippen LogP contribution in [0.4, 0.5) is 5.69 Å². The number of carbonyl (C=O) groups is 1. The summed E-state index contributed by atoms with van der Waals surface area (Å²) in [4.78, 5) is 20.2. The van der Waals surface area contributed by atoms with Crippen molar-refractivity contribution in [1.29, 1.82) is 0 Å². The normalized spacial score (nSPS) is 21.2. The molecule has 24 heavy (non-hydrogen) atoms. The highest BCUT2D eigenvalue weighted by molar-refractivity contribution is 6.32. The van der Waals surface area contributed by atoms with E-state index in [9.17, 15) is 4.79 Å². The molecule has 0 aliphatic heterocycles. The van der Waals surface area contributed by atoms with Crippen LogP contribution < -0.4 is 11.1 Å². The highest BCUT2D eigenvalue weighted by atomic mass is 35.5. The van der Waals surface area contributed by atoms with Crippen molar-refractivity contribution in [1.82, 2.24) is 9.97 Å². The van der Waals surface area contributed by atoms with Crippen LogP contribution in [0.1, 0.15) is 25.7 Å².